The third kappa shape index (κ3) is 0.708. The molecule has 2 nitrogen and oxygen atoms in total. The Morgan fingerprint density at radius 1 is 1.67 bits per heavy atom. The Hall–Kier alpha value is -0.530. The van der Waals surface area contributed by atoms with Crippen LogP contribution in [0, 0.1) is 6.42 Å². The van der Waals surface area contributed by atoms with E-state index in [4.69, 9.17) is 0 Å². The molecule has 0 N–H and O–H groups in total. The predicted molar refractivity (Wildman–Crippen MR) is 21.5 cm³/mol. The van der Waals surface area contributed by atoms with Crippen LogP contribution in [0.25, 0.3) is 0 Å². The van der Waals surface area contributed by atoms with Gasteiger partial charge in [-0.1, -0.05) is 0 Å². The number of nitrogens with zero attached hydrogens (tertiary/aromatic N) is 1. The molecule has 0 fully saturated rings. The molecule has 0 bridgehead atoms. The summed E-state index contributed by atoms with van der Waals surface area (Å²) in [6.07, 6.45) is 5.18. The average Bonchev–Trinajstić information content (AvgIpc) is 1.72. The Labute approximate surface area is 36.8 Å². The normalized spacial score (nSPS) is 20.0. The van der Waals surface area contributed by atoms with E-state index in [0.29, 0.717) is 13.2 Å². The molecule has 1 aliphatic rings. The number of hydrogen-bond donors (Lipinski definition) is 0. The molecule has 0 aromatic heterocycles. The van der Waals surface area contributed by atoms with E-state index < -0.39 is 0 Å². The summed E-state index contributed by atoms with van der Waals surface area (Å²) in [5.41, 5.74) is 0. The smallest absolute Gasteiger partial charge is 0.273 e. The van der Waals surface area contributed by atoms with Gasteiger partial charge in [0.05, 0.1) is 13.2 Å². The quantitative estimate of drug-likeness (QED) is 0.403. The van der Waals surface area contributed by atoms with Crippen molar-refractivity contribution >= 4 is 6.40 Å². The zero-order valence-electron chi connectivity index (χ0n) is 3.27. The van der Waals surface area contributed by atoms with Gasteiger partial charge in [-0.05, 0) is 0 Å². The summed E-state index contributed by atoms with van der Waals surface area (Å²) >= 11 is 0. The molecule has 0 atom stereocenters. The zero-order chi connectivity index (χ0) is 4.24. The lowest BCUT2D eigenvalue weighted by Gasteiger charge is -1.98. The standard InChI is InChI=1S/C4H4NO/c1-2-5-4-6-3-1/h2-3H2. The summed E-state index contributed by atoms with van der Waals surface area (Å²) in [6.45, 7) is 1.18. The van der Waals surface area contributed by atoms with Crippen molar-refractivity contribution < 1.29 is 4.74 Å². The monoisotopic (exact) mass is 82.0 g/mol. The molecule has 2 heteroatoms. The Morgan fingerprint density at radius 3 is 2.83 bits per heavy atom. The second-order valence-electron chi connectivity index (χ2n) is 0.946. The molecule has 6 heavy (non-hydrogen) atoms. The lowest BCUT2D eigenvalue weighted by atomic mass is 10.4. The van der Waals surface area contributed by atoms with Crippen LogP contribution in [0.1, 0.15) is 0 Å². The highest BCUT2D eigenvalue weighted by Gasteiger charge is 1.90. The second-order valence-corrected chi connectivity index (χ2v) is 0.946. The fourth-order valence-corrected chi connectivity index (χ4v) is 0.263. The third-order valence-corrected chi connectivity index (χ3v) is 0.494. The van der Waals surface area contributed by atoms with E-state index in [2.05, 4.69) is 22.6 Å². The molecule has 0 aromatic carbocycles. The Bertz CT molecular complexity index is 52.6. The van der Waals surface area contributed by atoms with Crippen molar-refractivity contribution in [2.75, 3.05) is 13.2 Å². The Morgan fingerprint density at radius 2 is 2.67 bits per heavy atom. The van der Waals surface area contributed by atoms with Crippen molar-refractivity contribution in [1.29, 1.82) is 0 Å². The summed E-state index contributed by atoms with van der Waals surface area (Å²) in [5.74, 6) is 0. The van der Waals surface area contributed by atoms with Crippen molar-refractivity contribution in [3.63, 3.8) is 0 Å². The van der Waals surface area contributed by atoms with Gasteiger partial charge in [0, 0.05) is 6.42 Å². The molecule has 0 aromatic rings. The Balaban J connectivity index is 2.26. The van der Waals surface area contributed by atoms with Gasteiger partial charge >= 0.3 is 0 Å². The topological polar surface area (TPSA) is 21.6 Å². The van der Waals surface area contributed by atoms with Gasteiger partial charge in [-0.3, -0.25) is 0 Å². The van der Waals surface area contributed by atoms with E-state index in [1.54, 1.807) is 0 Å². The van der Waals surface area contributed by atoms with Gasteiger partial charge in [0.1, 0.15) is 0 Å². The molecule has 0 aliphatic carbocycles. The van der Waals surface area contributed by atoms with Crippen LogP contribution in [0.5, 0.6) is 0 Å². The minimum absolute atomic E-state index is 0.545. The fourth-order valence-electron chi connectivity index (χ4n) is 0.263. The minimum Gasteiger partial charge on any atom is -0.473 e. The molecule has 1 aliphatic heterocycles. The van der Waals surface area contributed by atoms with Crippen LogP contribution in [0.4, 0.5) is 0 Å². The van der Waals surface area contributed by atoms with Crippen LogP contribution in [-0.2, 0) is 4.74 Å². The van der Waals surface area contributed by atoms with E-state index >= 15 is 0 Å². The van der Waals surface area contributed by atoms with Crippen molar-refractivity contribution in [3.8, 4) is 0 Å². The van der Waals surface area contributed by atoms with Gasteiger partial charge in [-0.25, -0.2) is 4.99 Å². The number of rotatable bonds is 0. The van der Waals surface area contributed by atoms with Crippen molar-refractivity contribution in [2.45, 2.75) is 0 Å². The number of ether oxygens (including phenoxy) is 1. The second kappa shape index (κ2) is 1.80. The summed E-state index contributed by atoms with van der Waals surface area (Å²) < 4.78 is 4.54. The number of aliphatic imine (C=N–C) groups is 1. The molecule has 3 radical (unpaired) electrons. The fraction of sp³-hybridized carbons (Fsp3) is 0.500. The molecule has 1 heterocycles. The van der Waals surface area contributed by atoms with Crippen molar-refractivity contribution in [2.24, 2.45) is 4.99 Å². The van der Waals surface area contributed by atoms with Crippen LogP contribution in [0.3, 0.4) is 0 Å². The minimum atomic E-state index is 0.545. The molecule has 31 valence electrons. The predicted octanol–water partition coefficient (Wildman–Crippen LogP) is 0.00319. The van der Waals surface area contributed by atoms with E-state index in [-0.39, 0.29) is 0 Å². The van der Waals surface area contributed by atoms with Crippen LogP contribution in [0.2, 0.25) is 0 Å². The third-order valence-electron chi connectivity index (χ3n) is 0.494. The maximum Gasteiger partial charge on any atom is 0.273 e. The zero-order valence-corrected chi connectivity index (χ0v) is 3.27. The first-order valence-electron chi connectivity index (χ1n) is 1.74. The van der Waals surface area contributed by atoms with Gasteiger partial charge in [-0.15, -0.1) is 0 Å². The average molecular weight is 82.1 g/mol. The van der Waals surface area contributed by atoms with Crippen LogP contribution < -0.4 is 0 Å². The highest BCUT2D eigenvalue weighted by Crippen LogP contribution is 1.85. The lowest BCUT2D eigenvalue weighted by molar-refractivity contribution is 0.338. The molecule has 0 amide bonds. The van der Waals surface area contributed by atoms with Crippen LogP contribution in [0.15, 0.2) is 4.99 Å². The molecule has 0 saturated heterocycles. The van der Waals surface area contributed by atoms with E-state index in [1.807, 2.05) is 0 Å². The van der Waals surface area contributed by atoms with E-state index in [9.17, 15) is 0 Å². The molecular weight excluding hydrogens is 78.0 g/mol. The highest BCUT2D eigenvalue weighted by atomic mass is 16.5. The number of hydrogen-bond acceptors (Lipinski definition) is 2. The Kier molecular flexibility index (Phi) is 1.10. The summed E-state index contributed by atoms with van der Waals surface area (Å²) in [7, 11) is 0. The molecule has 0 saturated carbocycles. The van der Waals surface area contributed by atoms with Gasteiger partial charge < -0.3 is 4.74 Å². The van der Waals surface area contributed by atoms with Gasteiger partial charge in [-0.2, -0.15) is 0 Å². The van der Waals surface area contributed by atoms with Gasteiger partial charge in [0.2, 0.25) is 0 Å². The molecule has 0 spiro atoms. The summed E-state index contributed by atoms with van der Waals surface area (Å²) in [6, 6.07) is 0. The first-order chi connectivity index (χ1) is 3.00. The molecular formula is C4H4NO. The molecule has 1 rings (SSSR count). The van der Waals surface area contributed by atoms with Crippen LogP contribution >= 0.6 is 0 Å². The first-order valence-corrected chi connectivity index (χ1v) is 1.74. The summed E-state index contributed by atoms with van der Waals surface area (Å²) in [4.78, 5) is 3.59. The van der Waals surface area contributed by atoms with Gasteiger partial charge in [0.15, 0.2) is 0 Å². The maximum absolute atomic E-state index is 4.54. The van der Waals surface area contributed by atoms with Crippen molar-refractivity contribution in [3.05, 3.63) is 6.42 Å². The largest absolute Gasteiger partial charge is 0.473 e. The molecule has 0 unspecified atom stereocenters. The van der Waals surface area contributed by atoms with Gasteiger partial charge in [0.25, 0.3) is 6.40 Å². The lowest BCUT2D eigenvalue weighted by Crippen LogP contribution is -2.01. The summed E-state index contributed by atoms with van der Waals surface area (Å²) in [5, 5.41) is 0. The van der Waals surface area contributed by atoms with Crippen molar-refractivity contribution in [1.82, 2.24) is 0 Å². The SMILES string of the molecule is [C]1CN=[C]OC1. The highest BCUT2D eigenvalue weighted by molar-refractivity contribution is 5.47. The van der Waals surface area contributed by atoms with E-state index in [1.165, 1.54) is 0 Å². The van der Waals surface area contributed by atoms with Crippen LogP contribution in [-0.4, -0.2) is 19.6 Å². The maximum atomic E-state index is 4.54. The first kappa shape index (κ1) is 3.65. The van der Waals surface area contributed by atoms with E-state index in [0.717, 1.165) is 0 Å².